The maximum atomic E-state index is 14.8. The van der Waals surface area contributed by atoms with Crippen molar-refractivity contribution in [3.05, 3.63) is 76.6 Å². The summed E-state index contributed by atoms with van der Waals surface area (Å²) >= 11 is 13.1. The van der Waals surface area contributed by atoms with Crippen LogP contribution in [0.4, 0.5) is 31.4 Å². The van der Waals surface area contributed by atoms with Crippen LogP contribution in [0.5, 0.6) is 11.5 Å². The van der Waals surface area contributed by atoms with Gasteiger partial charge in [0.2, 0.25) is 17.7 Å². The number of carbonyl (C=O) groups excluding carboxylic acids is 6. The molecule has 10 rings (SSSR count). The molecule has 0 radical (unpaired) electrons. The highest BCUT2D eigenvalue weighted by Crippen LogP contribution is 2.75. The number of aromatic nitrogens is 2. The summed E-state index contributed by atoms with van der Waals surface area (Å²) in [5.74, 6) is -0.924. The number of carbonyl (C=O) groups is 6. The zero-order valence-electron chi connectivity index (χ0n) is 41.7. The van der Waals surface area contributed by atoms with Crippen LogP contribution in [0.25, 0.3) is 21.8 Å². The van der Waals surface area contributed by atoms with Crippen LogP contribution in [0.1, 0.15) is 71.8 Å². The second-order valence-corrected chi connectivity index (χ2v) is 22.0. The fraction of sp³-hybridized carbons (Fsp3) is 0.440. The first kappa shape index (κ1) is 53.3. The Morgan fingerprint density at radius 2 is 1.33 bits per heavy atom. The molecule has 25 heteroatoms. The molecule has 7 amide bonds. The molecular formula is C50H59Cl2N10O12P. The highest BCUT2D eigenvalue weighted by atomic mass is 35.5. The molecule has 0 spiro atoms. The standard InChI is InChI=1S/C50H59Cl2N10O12P/c1-26-18-55-41-35(73-48(68)60(4)13-12-59(3)47(67)72-22-28-7-9-31(10-8-28)57-32(6-5-11-53)43(63)58-46(54)66)14-33-39(37(26)41)29(16-51)20-61(33)44(64)49-23-50(24-49,25-49)45(65)62-21-30(17-52)40-34(62)15-36(74-75(69,70)71)42-38(40)27(2)19-56-42/h7-10,14-15,18-19,29-30,32,55-57H,5-6,11-13,16-17,20-25,53H2,1-4H3,(H2,69,70,71)(H3,54,58,63,66)/t29-,30-,32+,49?,50?/m1/s1. The van der Waals surface area contributed by atoms with E-state index < -0.39 is 48.8 Å². The van der Waals surface area contributed by atoms with Gasteiger partial charge >= 0.3 is 26.0 Å². The van der Waals surface area contributed by atoms with Crippen molar-refractivity contribution in [3.8, 4) is 11.5 Å². The number of hydrogen-bond acceptors (Lipinski definition) is 12. The molecule has 3 aromatic carbocycles. The minimum atomic E-state index is -4.97. The number of fused-ring (bicyclic) bond motifs is 6. The van der Waals surface area contributed by atoms with E-state index in [9.17, 15) is 43.1 Å². The number of amides is 7. The van der Waals surface area contributed by atoms with Gasteiger partial charge in [-0.1, -0.05) is 12.1 Å². The van der Waals surface area contributed by atoms with E-state index >= 15 is 0 Å². The van der Waals surface area contributed by atoms with E-state index in [1.54, 1.807) is 52.5 Å². The molecule has 400 valence electrons. The number of rotatable bonds is 18. The number of primary amides is 1. The van der Waals surface area contributed by atoms with Gasteiger partial charge in [-0.15, -0.1) is 23.2 Å². The SMILES string of the molecule is Cc1c[nH]c2c(OC(=O)N(C)CCN(C)C(=O)OCc3ccc(N[C@@H](CCCN)C(=O)NC(N)=O)cc3)cc3c(c12)[C@H](CCl)CN3C(=O)C12CC(C(=O)N3C[C@@H](CCl)c4c3cc(OP(=O)(O)O)c3[nH]cc(C)c43)(C1)C2. The van der Waals surface area contributed by atoms with E-state index in [1.807, 2.05) is 13.8 Å². The van der Waals surface area contributed by atoms with Crippen molar-refractivity contribution < 1.29 is 57.1 Å². The van der Waals surface area contributed by atoms with Crippen molar-refractivity contribution in [1.29, 1.82) is 0 Å². The third-order valence-electron chi connectivity index (χ3n) is 15.0. The fourth-order valence-electron chi connectivity index (χ4n) is 11.4. The topological polar surface area (TPSA) is 308 Å². The highest BCUT2D eigenvalue weighted by Gasteiger charge is 2.76. The summed E-state index contributed by atoms with van der Waals surface area (Å²) in [6, 6.07) is 8.29. The van der Waals surface area contributed by atoms with Gasteiger partial charge in [-0.05, 0) is 92.4 Å². The number of urea groups is 1. The predicted molar refractivity (Wildman–Crippen MR) is 280 cm³/mol. The second-order valence-electron chi connectivity index (χ2n) is 20.2. The molecule has 5 aliphatic rings. The molecule has 3 saturated carbocycles. The van der Waals surface area contributed by atoms with E-state index in [0.29, 0.717) is 77.7 Å². The molecule has 3 fully saturated rings. The Bertz CT molecular complexity index is 3160. The Kier molecular flexibility index (Phi) is 14.6. The maximum Gasteiger partial charge on any atom is 0.524 e. The number of imide groups is 1. The number of anilines is 3. The molecule has 5 aromatic rings. The average molecular weight is 1090 g/mol. The molecule has 0 saturated heterocycles. The highest BCUT2D eigenvalue weighted by molar-refractivity contribution is 7.46. The van der Waals surface area contributed by atoms with Crippen LogP contribution >= 0.6 is 31.0 Å². The number of aryl methyl sites for hydroxylation is 2. The third kappa shape index (κ3) is 9.95. The molecule has 75 heavy (non-hydrogen) atoms. The molecule has 10 N–H and O–H groups in total. The van der Waals surface area contributed by atoms with Gasteiger partial charge in [-0.2, -0.15) is 0 Å². The van der Waals surface area contributed by atoms with Crippen LogP contribution in [0.15, 0.2) is 48.8 Å². The van der Waals surface area contributed by atoms with Crippen molar-refractivity contribution in [3.63, 3.8) is 0 Å². The van der Waals surface area contributed by atoms with Gasteiger partial charge in [0.1, 0.15) is 12.6 Å². The first-order chi connectivity index (χ1) is 35.6. The predicted octanol–water partition coefficient (Wildman–Crippen LogP) is 6.36. The third-order valence-corrected chi connectivity index (χ3v) is 16.2. The van der Waals surface area contributed by atoms with Gasteiger partial charge in [-0.3, -0.25) is 29.5 Å². The van der Waals surface area contributed by atoms with E-state index in [2.05, 4.69) is 20.6 Å². The smallest absolute Gasteiger partial charge is 0.445 e. The lowest BCUT2D eigenvalue weighted by Gasteiger charge is -2.69. The van der Waals surface area contributed by atoms with E-state index in [0.717, 1.165) is 27.6 Å². The quantitative estimate of drug-likeness (QED) is 0.0350. The van der Waals surface area contributed by atoms with Gasteiger partial charge < -0.3 is 60.3 Å². The first-order valence-corrected chi connectivity index (χ1v) is 27.0. The van der Waals surface area contributed by atoms with Gasteiger partial charge in [0.15, 0.2) is 11.5 Å². The molecule has 2 aromatic heterocycles. The van der Waals surface area contributed by atoms with Gasteiger partial charge in [0.25, 0.3) is 0 Å². The Labute approximate surface area is 440 Å². The maximum absolute atomic E-state index is 14.8. The number of benzene rings is 3. The number of ether oxygens (including phenoxy) is 2. The summed E-state index contributed by atoms with van der Waals surface area (Å²) in [4.78, 5) is 112. The number of H-pyrrole nitrogens is 2. The minimum Gasteiger partial charge on any atom is -0.445 e. The Hall–Kier alpha value is -6.55. The number of phosphoric ester groups is 1. The van der Waals surface area contributed by atoms with E-state index in [1.165, 1.54) is 30.0 Å². The molecular weight excluding hydrogens is 1030 g/mol. The van der Waals surface area contributed by atoms with Crippen molar-refractivity contribution in [2.45, 2.75) is 70.4 Å². The van der Waals surface area contributed by atoms with E-state index in [-0.39, 0.29) is 79.7 Å². The Balaban J connectivity index is 0.837. The number of hydrogen-bond donors (Lipinski definition) is 8. The molecule has 22 nitrogen and oxygen atoms in total. The van der Waals surface area contributed by atoms with Crippen LogP contribution in [0, 0.1) is 24.7 Å². The van der Waals surface area contributed by atoms with Crippen LogP contribution < -0.4 is 41.2 Å². The summed E-state index contributed by atoms with van der Waals surface area (Å²) in [6.07, 6.45) is 3.96. The summed E-state index contributed by atoms with van der Waals surface area (Å²) in [5.41, 5.74) is 15.6. The number of nitrogens with zero attached hydrogens (tertiary/aromatic N) is 4. The van der Waals surface area contributed by atoms with Gasteiger partial charge in [0, 0.05) is 105 Å². The lowest BCUT2D eigenvalue weighted by Crippen LogP contribution is -2.73. The number of aromatic amines is 2. The average Bonchev–Trinajstić information content (AvgIpc) is 4.12. The summed E-state index contributed by atoms with van der Waals surface area (Å²) in [7, 11) is -1.90. The monoisotopic (exact) mass is 1090 g/mol. The van der Waals surface area contributed by atoms with Crippen LogP contribution in [0.2, 0.25) is 0 Å². The van der Waals surface area contributed by atoms with Gasteiger partial charge in [0.05, 0.1) is 33.2 Å². The van der Waals surface area contributed by atoms with Crippen LogP contribution in [0.3, 0.4) is 0 Å². The first-order valence-electron chi connectivity index (χ1n) is 24.4. The summed E-state index contributed by atoms with van der Waals surface area (Å²) < 4.78 is 28.7. The summed E-state index contributed by atoms with van der Waals surface area (Å²) in [5, 5.41) is 6.61. The molecule has 4 heterocycles. The number of alkyl halides is 2. The normalized spacial score (nSPS) is 20.7. The zero-order valence-corrected chi connectivity index (χ0v) is 44.1. The molecule has 0 unspecified atom stereocenters. The van der Waals surface area contributed by atoms with Crippen molar-refractivity contribution in [2.75, 3.05) is 73.7 Å². The van der Waals surface area contributed by atoms with Crippen molar-refractivity contribution in [1.82, 2.24) is 25.1 Å². The molecule has 2 bridgehead atoms. The number of nitrogens with two attached hydrogens (primary N) is 2. The van der Waals surface area contributed by atoms with E-state index in [4.69, 9.17) is 48.7 Å². The van der Waals surface area contributed by atoms with Crippen LogP contribution in [-0.2, 0) is 30.3 Å². The number of likely N-dealkylation sites (N-methyl/N-ethyl adjacent to an activating group) is 2. The second kappa shape index (κ2) is 20.5. The van der Waals surface area contributed by atoms with Crippen molar-refractivity contribution >= 4 is 106 Å². The van der Waals surface area contributed by atoms with Crippen LogP contribution in [-0.4, -0.2) is 130 Å². The Morgan fingerprint density at radius 1 is 0.827 bits per heavy atom. The molecule has 2 aliphatic heterocycles. The molecule has 3 aliphatic carbocycles. The zero-order chi connectivity index (χ0) is 53.9. The van der Waals surface area contributed by atoms with Gasteiger partial charge in [-0.25, -0.2) is 18.9 Å². The lowest BCUT2D eigenvalue weighted by molar-refractivity contribution is -0.205. The van der Waals surface area contributed by atoms with Crippen molar-refractivity contribution in [2.24, 2.45) is 22.3 Å². The lowest BCUT2D eigenvalue weighted by atomic mass is 9.34. The Morgan fingerprint density at radius 3 is 1.83 bits per heavy atom. The number of phosphoric acid groups is 1. The minimum absolute atomic E-state index is 0.0581. The fourth-order valence-corrected chi connectivity index (χ4v) is 12.3. The summed E-state index contributed by atoms with van der Waals surface area (Å²) in [6.45, 7) is 4.77. The number of nitrogens with one attached hydrogen (secondary N) is 4. The molecule has 3 atom stereocenters. The number of halogens is 2. The largest absolute Gasteiger partial charge is 0.524 e.